The van der Waals surface area contributed by atoms with Crippen molar-refractivity contribution in [3.63, 3.8) is 0 Å². The molecule has 0 saturated carbocycles. The number of nitrogens with zero attached hydrogens (tertiary/aromatic N) is 1. The van der Waals surface area contributed by atoms with E-state index in [1.165, 1.54) is 26.7 Å². The molecule has 1 unspecified atom stereocenters. The van der Waals surface area contributed by atoms with Crippen molar-refractivity contribution < 1.29 is 43.2 Å². The summed E-state index contributed by atoms with van der Waals surface area (Å²) in [6.45, 7) is 11.4. The van der Waals surface area contributed by atoms with Crippen LogP contribution in [0, 0.1) is 6.92 Å². The topological polar surface area (TPSA) is 135 Å². The molecular weight excluding hydrogens is 441 g/mol. The molecule has 3 N–H and O–H groups in total. The van der Waals surface area contributed by atoms with Crippen molar-refractivity contribution >= 4 is 14.2 Å². The third-order valence-corrected chi connectivity index (χ3v) is 5.54. The molecular formula is C21H35NO9P+. The number of ether oxygens (including phenoxy) is 3. The molecule has 1 aliphatic rings. The summed E-state index contributed by atoms with van der Waals surface area (Å²) in [6.07, 6.45) is -6.55. The Bertz CT molecular complexity index is 694. The average Bonchev–Trinajstić information content (AvgIpc) is 2.78. The number of esters is 1. The largest absolute Gasteiger partial charge is 0.695 e. The number of benzene rings is 1. The summed E-state index contributed by atoms with van der Waals surface area (Å²) in [5, 5.41) is 19.6. The molecule has 10 nitrogen and oxygen atoms in total. The predicted octanol–water partition coefficient (Wildman–Crippen LogP) is 1.63. The van der Waals surface area contributed by atoms with Crippen molar-refractivity contribution in [3.05, 3.63) is 35.4 Å². The second-order valence-corrected chi connectivity index (χ2v) is 7.80. The number of carbonyl (C=O) groups is 1. The standard InChI is InChI=1S/C15H19O9P.C6H15N/c1-8-3-5-9(6-4-8)14(18)23-12-11(17)10(7-16)22-15(21-2)13(12)24-25(19)20;1-4-7(5-2)6-3/h3-6,10-13,15-17H,7H2,1-2H3;4-6H2,1-3H3/p+1/t10-,11+,12+,13+,15-;/m1./s1. The number of aryl methyl sites for hydroxylation is 1. The Morgan fingerprint density at radius 2 is 1.69 bits per heavy atom. The van der Waals surface area contributed by atoms with Crippen molar-refractivity contribution in [3.8, 4) is 0 Å². The fraction of sp³-hybridized carbons (Fsp3) is 0.667. The van der Waals surface area contributed by atoms with E-state index in [9.17, 15) is 19.6 Å². The molecule has 11 heteroatoms. The number of rotatable bonds is 9. The van der Waals surface area contributed by atoms with Gasteiger partial charge in [-0.25, -0.2) is 4.79 Å². The summed E-state index contributed by atoms with van der Waals surface area (Å²) in [7, 11) is -1.83. The first-order chi connectivity index (χ1) is 15.2. The van der Waals surface area contributed by atoms with Crippen LogP contribution in [0.2, 0.25) is 0 Å². The third-order valence-electron chi connectivity index (χ3n) is 5.11. The van der Waals surface area contributed by atoms with Gasteiger partial charge in [-0.2, -0.15) is 0 Å². The Kier molecular flexibility index (Phi) is 13.0. The Balaban J connectivity index is 0.000000633. The van der Waals surface area contributed by atoms with E-state index in [0.717, 1.165) is 5.56 Å². The van der Waals surface area contributed by atoms with Gasteiger partial charge in [0.2, 0.25) is 6.10 Å². The molecule has 1 aromatic carbocycles. The Labute approximate surface area is 190 Å². The van der Waals surface area contributed by atoms with Gasteiger partial charge in [-0.15, -0.1) is 9.42 Å². The quantitative estimate of drug-likeness (QED) is 0.356. The van der Waals surface area contributed by atoms with E-state index < -0.39 is 51.5 Å². The second-order valence-electron chi connectivity index (χ2n) is 7.12. The molecule has 1 fully saturated rings. The molecule has 0 spiro atoms. The van der Waals surface area contributed by atoms with E-state index in [2.05, 4.69) is 25.7 Å². The first kappa shape index (κ1) is 28.5. The van der Waals surface area contributed by atoms with Crippen molar-refractivity contribution in [2.24, 2.45) is 0 Å². The molecule has 32 heavy (non-hydrogen) atoms. The average molecular weight is 476 g/mol. The Morgan fingerprint density at radius 3 is 2.09 bits per heavy atom. The summed E-state index contributed by atoms with van der Waals surface area (Å²) in [5.41, 5.74) is 1.17. The minimum atomic E-state index is -3.08. The Morgan fingerprint density at radius 1 is 1.12 bits per heavy atom. The molecule has 2 rings (SSSR count). The van der Waals surface area contributed by atoms with Gasteiger partial charge in [0.25, 0.3) is 0 Å². The molecule has 1 saturated heterocycles. The fourth-order valence-corrected chi connectivity index (χ4v) is 3.56. The van der Waals surface area contributed by atoms with E-state index in [0.29, 0.717) is 0 Å². The number of carbonyl (C=O) groups excluding carboxylic acids is 1. The highest BCUT2D eigenvalue weighted by Crippen LogP contribution is 2.32. The van der Waals surface area contributed by atoms with Gasteiger partial charge in [-0.05, 0) is 38.7 Å². The monoisotopic (exact) mass is 476 g/mol. The smallest absolute Gasteiger partial charge is 0.453 e. The zero-order chi connectivity index (χ0) is 24.3. The lowest BCUT2D eigenvalue weighted by Crippen LogP contribution is -2.60. The maximum atomic E-state index is 12.3. The number of methoxy groups -OCH3 is 1. The van der Waals surface area contributed by atoms with Crippen LogP contribution in [0.5, 0.6) is 0 Å². The van der Waals surface area contributed by atoms with Gasteiger partial charge in [0.15, 0.2) is 12.4 Å². The third kappa shape index (κ3) is 8.46. The molecule has 1 aliphatic heterocycles. The van der Waals surface area contributed by atoms with Gasteiger partial charge >= 0.3 is 14.2 Å². The summed E-state index contributed by atoms with van der Waals surface area (Å²) in [5.74, 6) is -0.765. The molecule has 6 atom stereocenters. The van der Waals surface area contributed by atoms with E-state index in [4.69, 9.17) is 23.6 Å². The lowest BCUT2D eigenvalue weighted by molar-refractivity contribution is -0.288. The van der Waals surface area contributed by atoms with E-state index in [-0.39, 0.29) is 5.56 Å². The van der Waals surface area contributed by atoms with Crippen LogP contribution in [0.25, 0.3) is 0 Å². The van der Waals surface area contributed by atoms with Crippen LogP contribution < -0.4 is 0 Å². The zero-order valence-corrected chi connectivity index (χ0v) is 20.1. The van der Waals surface area contributed by atoms with Crippen molar-refractivity contribution in [2.75, 3.05) is 33.4 Å². The van der Waals surface area contributed by atoms with Crippen molar-refractivity contribution in [1.29, 1.82) is 0 Å². The normalized spacial score (nSPS) is 25.7. The van der Waals surface area contributed by atoms with Gasteiger partial charge < -0.3 is 29.3 Å². The van der Waals surface area contributed by atoms with Gasteiger partial charge in [-0.1, -0.05) is 38.5 Å². The number of aliphatic hydroxyl groups excluding tert-OH is 2. The first-order valence-corrected chi connectivity index (χ1v) is 11.6. The molecule has 0 aliphatic carbocycles. The molecule has 182 valence electrons. The first-order valence-electron chi connectivity index (χ1n) is 10.5. The predicted molar refractivity (Wildman–Crippen MR) is 117 cm³/mol. The van der Waals surface area contributed by atoms with Crippen LogP contribution in [0.1, 0.15) is 36.7 Å². The lowest BCUT2D eigenvalue weighted by Gasteiger charge is -2.40. The highest BCUT2D eigenvalue weighted by molar-refractivity contribution is 7.32. The minimum Gasteiger partial charge on any atom is -0.453 e. The summed E-state index contributed by atoms with van der Waals surface area (Å²) < 4.78 is 31.5. The highest BCUT2D eigenvalue weighted by atomic mass is 31.1. The van der Waals surface area contributed by atoms with Gasteiger partial charge in [0, 0.05) is 11.7 Å². The SMILES string of the molecule is CCN(CC)CC.CO[C@@H]1O[C@H](CO)[C@H](O)[C@H](OC(=O)c2ccc(C)cc2)[C@@H]1O[P+](=O)O. The lowest BCUT2D eigenvalue weighted by atomic mass is 9.99. The minimum absolute atomic E-state index is 0.228. The van der Waals surface area contributed by atoms with Crippen molar-refractivity contribution in [1.82, 2.24) is 4.90 Å². The maximum Gasteiger partial charge on any atom is 0.695 e. The molecule has 0 aromatic heterocycles. The number of hydrogen-bond acceptors (Lipinski definition) is 9. The summed E-state index contributed by atoms with van der Waals surface area (Å²) in [6, 6.07) is 6.51. The van der Waals surface area contributed by atoms with E-state index in [1.807, 2.05) is 6.92 Å². The molecule has 0 bridgehead atoms. The van der Waals surface area contributed by atoms with Crippen LogP contribution in [-0.4, -0.2) is 90.0 Å². The fourth-order valence-electron chi connectivity index (χ4n) is 3.13. The van der Waals surface area contributed by atoms with Crippen LogP contribution in [-0.2, 0) is 23.3 Å². The molecule has 0 amide bonds. The van der Waals surface area contributed by atoms with E-state index in [1.54, 1.807) is 24.3 Å². The van der Waals surface area contributed by atoms with Crippen molar-refractivity contribution in [2.45, 2.75) is 58.4 Å². The van der Waals surface area contributed by atoms with Crippen LogP contribution in [0.3, 0.4) is 0 Å². The highest BCUT2D eigenvalue weighted by Gasteiger charge is 2.52. The number of aliphatic hydroxyl groups is 2. The van der Waals surface area contributed by atoms with Crippen LogP contribution in [0.15, 0.2) is 24.3 Å². The van der Waals surface area contributed by atoms with Crippen LogP contribution >= 0.6 is 8.25 Å². The number of hydrogen-bond donors (Lipinski definition) is 3. The Hall–Kier alpha value is -1.49. The second kappa shape index (κ2) is 14.6. The molecule has 0 radical (unpaired) electrons. The molecule has 1 aromatic rings. The van der Waals surface area contributed by atoms with Gasteiger partial charge in [0.1, 0.15) is 12.2 Å². The van der Waals surface area contributed by atoms with E-state index >= 15 is 0 Å². The zero-order valence-electron chi connectivity index (χ0n) is 19.2. The van der Waals surface area contributed by atoms with Gasteiger partial charge in [0.05, 0.1) is 12.2 Å². The molecule has 1 heterocycles. The summed E-state index contributed by atoms with van der Waals surface area (Å²) in [4.78, 5) is 23.7. The summed E-state index contributed by atoms with van der Waals surface area (Å²) >= 11 is 0. The van der Waals surface area contributed by atoms with Crippen LogP contribution in [0.4, 0.5) is 0 Å². The van der Waals surface area contributed by atoms with Gasteiger partial charge in [-0.3, -0.25) is 0 Å². The maximum absolute atomic E-state index is 12.3.